The quantitative estimate of drug-likeness (QED) is 0.847. The molecule has 1 aliphatic rings. The van der Waals surface area contributed by atoms with Crippen LogP contribution < -0.4 is 10.2 Å². The van der Waals surface area contributed by atoms with E-state index in [1.807, 2.05) is 18.3 Å². The zero-order valence-corrected chi connectivity index (χ0v) is 10.1. The smallest absolute Gasteiger partial charge is 0.142 e. The van der Waals surface area contributed by atoms with Crippen LogP contribution in [0.2, 0.25) is 0 Å². The van der Waals surface area contributed by atoms with Crippen molar-refractivity contribution in [1.29, 1.82) is 0 Å². The maximum atomic E-state index is 4.35. The van der Waals surface area contributed by atoms with Crippen molar-refractivity contribution < 1.29 is 0 Å². The van der Waals surface area contributed by atoms with Gasteiger partial charge in [-0.25, -0.2) is 4.98 Å². The van der Waals surface area contributed by atoms with E-state index in [0.717, 1.165) is 36.5 Å². The van der Waals surface area contributed by atoms with Crippen LogP contribution in [0.15, 0.2) is 22.8 Å². The largest absolute Gasteiger partial charge is 0.353 e. The summed E-state index contributed by atoms with van der Waals surface area (Å²) in [5.41, 5.74) is 0. The number of anilines is 1. The highest BCUT2D eigenvalue weighted by Gasteiger charge is 2.13. The van der Waals surface area contributed by atoms with Crippen LogP contribution in [-0.4, -0.2) is 31.2 Å². The van der Waals surface area contributed by atoms with Crippen molar-refractivity contribution in [1.82, 2.24) is 10.3 Å². The zero-order chi connectivity index (χ0) is 9.10. The number of pyridine rings is 1. The Kier molecular flexibility index (Phi) is 4.65. The maximum absolute atomic E-state index is 4.35. The molecule has 0 saturated carbocycles. The van der Waals surface area contributed by atoms with Crippen LogP contribution >= 0.6 is 28.3 Å². The van der Waals surface area contributed by atoms with Gasteiger partial charge in [-0.2, -0.15) is 0 Å². The molecule has 1 fully saturated rings. The van der Waals surface area contributed by atoms with E-state index in [1.54, 1.807) is 0 Å². The highest BCUT2D eigenvalue weighted by Crippen LogP contribution is 2.22. The van der Waals surface area contributed by atoms with E-state index in [0.29, 0.717) is 0 Å². The number of piperazine rings is 1. The van der Waals surface area contributed by atoms with Crippen molar-refractivity contribution in [2.45, 2.75) is 0 Å². The average Bonchev–Trinajstić information content (AvgIpc) is 2.20. The van der Waals surface area contributed by atoms with Gasteiger partial charge in [-0.1, -0.05) is 0 Å². The molecular formula is C9H13BrClN3. The highest BCUT2D eigenvalue weighted by atomic mass is 79.9. The van der Waals surface area contributed by atoms with E-state index in [2.05, 4.69) is 31.1 Å². The van der Waals surface area contributed by atoms with Crippen LogP contribution in [0, 0.1) is 0 Å². The second-order valence-electron chi connectivity index (χ2n) is 3.05. The van der Waals surface area contributed by atoms with Crippen LogP contribution in [0.3, 0.4) is 0 Å². The summed E-state index contributed by atoms with van der Waals surface area (Å²) in [7, 11) is 0. The van der Waals surface area contributed by atoms with Crippen LogP contribution in [0.4, 0.5) is 5.82 Å². The number of hydrogen-bond acceptors (Lipinski definition) is 3. The molecule has 2 rings (SSSR count). The first-order chi connectivity index (χ1) is 6.38. The number of nitrogens with zero attached hydrogens (tertiary/aromatic N) is 2. The first-order valence-corrected chi connectivity index (χ1v) is 5.23. The number of hydrogen-bond donors (Lipinski definition) is 1. The van der Waals surface area contributed by atoms with Gasteiger partial charge in [-0.3, -0.25) is 0 Å². The van der Waals surface area contributed by atoms with Gasteiger partial charge >= 0.3 is 0 Å². The predicted molar refractivity (Wildman–Crippen MR) is 64.3 cm³/mol. The second kappa shape index (κ2) is 5.53. The molecule has 0 aliphatic carbocycles. The number of halogens is 2. The van der Waals surface area contributed by atoms with Crippen LogP contribution in [0.5, 0.6) is 0 Å². The molecule has 5 heteroatoms. The lowest BCUT2D eigenvalue weighted by atomic mass is 10.3. The van der Waals surface area contributed by atoms with E-state index in [1.165, 1.54) is 0 Å². The fraction of sp³-hybridized carbons (Fsp3) is 0.444. The molecule has 0 unspecified atom stereocenters. The van der Waals surface area contributed by atoms with Crippen molar-refractivity contribution in [2.24, 2.45) is 0 Å². The minimum atomic E-state index is 0. The van der Waals surface area contributed by atoms with Gasteiger partial charge in [-0.05, 0) is 28.1 Å². The van der Waals surface area contributed by atoms with Crippen molar-refractivity contribution in [2.75, 3.05) is 31.1 Å². The summed E-state index contributed by atoms with van der Waals surface area (Å²) in [5.74, 6) is 1.06. The van der Waals surface area contributed by atoms with E-state index >= 15 is 0 Å². The van der Waals surface area contributed by atoms with E-state index < -0.39 is 0 Å². The molecule has 1 aromatic heterocycles. The summed E-state index contributed by atoms with van der Waals surface area (Å²) in [5, 5.41) is 3.32. The monoisotopic (exact) mass is 277 g/mol. The molecular weight excluding hydrogens is 265 g/mol. The molecule has 0 atom stereocenters. The Labute approximate surface area is 98.4 Å². The standard InChI is InChI=1S/C9H12BrN3.ClH/c10-8-2-1-3-12-9(8)13-6-4-11-5-7-13;/h1-3,11H,4-7H2;1H. The number of aromatic nitrogens is 1. The Morgan fingerprint density at radius 3 is 2.71 bits per heavy atom. The van der Waals surface area contributed by atoms with E-state index in [4.69, 9.17) is 0 Å². The molecule has 0 bridgehead atoms. The Morgan fingerprint density at radius 1 is 1.36 bits per heavy atom. The Balaban J connectivity index is 0.000000980. The number of nitrogens with one attached hydrogen (secondary N) is 1. The molecule has 0 spiro atoms. The van der Waals surface area contributed by atoms with Gasteiger partial charge in [0, 0.05) is 32.4 Å². The van der Waals surface area contributed by atoms with Crippen molar-refractivity contribution in [3.63, 3.8) is 0 Å². The van der Waals surface area contributed by atoms with Gasteiger partial charge in [0.2, 0.25) is 0 Å². The minimum Gasteiger partial charge on any atom is -0.353 e. The van der Waals surface area contributed by atoms with Crippen LogP contribution in [0.1, 0.15) is 0 Å². The third kappa shape index (κ3) is 2.59. The van der Waals surface area contributed by atoms with Gasteiger partial charge in [0.05, 0.1) is 4.47 Å². The summed E-state index contributed by atoms with van der Waals surface area (Å²) in [4.78, 5) is 6.65. The Morgan fingerprint density at radius 2 is 2.07 bits per heavy atom. The molecule has 78 valence electrons. The van der Waals surface area contributed by atoms with Gasteiger partial charge in [-0.15, -0.1) is 12.4 Å². The molecule has 1 aromatic rings. The third-order valence-corrected chi connectivity index (χ3v) is 2.77. The molecule has 14 heavy (non-hydrogen) atoms. The minimum absolute atomic E-state index is 0. The van der Waals surface area contributed by atoms with Gasteiger partial charge < -0.3 is 10.2 Å². The molecule has 0 aromatic carbocycles. The maximum Gasteiger partial charge on any atom is 0.142 e. The lowest BCUT2D eigenvalue weighted by molar-refractivity contribution is 0.584. The topological polar surface area (TPSA) is 28.2 Å². The molecule has 1 saturated heterocycles. The highest BCUT2D eigenvalue weighted by molar-refractivity contribution is 9.10. The number of rotatable bonds is 1. The summed E-state index contributed by atoms with van der Waals surface area (Å²) in [6, 6.07) is 3.97. The Hall–Kier alpha value is -0.320. The van der Waals surface area contributed by atoms with Crippen LogP contribution in [0.25, 0.3) is 0 Å². The summed E-state index contributed by atoms with van der Waals surface area (Å²) < 4.78 is 1.08. The zero-order valence-electron chi connectivity index (χ0n) is 7.74. The molecule has 1 N–H and O–H groups in total. The molecule has 0 amide bonds. The van der Waals surface area contributed by atoms with Gasteiger partial charge in [0.1, 0.15) is 5.82 Å². The van der Waals surface area contributed by atoms with E-state index in [-0.39, 0.29) is 12.4 Å². The van der Waals surface area contributed by atoms with Crippen molar-refractivity contribution in [3.05, 3.63) is 22.8 Å². The fourth-order valence-electron chi connectivity index (χ4n) is 1.49. The van der Waals surface area contributed by atoms with Crippen molar-refractivity contribution >= 4 is 34.2 Å². The average molecular weight is 279 g/mol. The first-order valence-electron chi connectivity index (χ1n) is 4.44. The van der Waals surface area contributed by atoms with Gasteiger partial charge in [0.25, 0.3) is 0 Å². The molecule has 3 nitrogen and oxygen atoms in total. The van der Waals surface area contributed by atoms with E-state index in [9.17, 15) is 0 Å². The van der Waals surface area contributed by atoms with Crippen molar-refractivity contribution in [3.8, 4) is 0 Å². The fourth-order valence-corrected chi connectivity index (χ4v) is 1.99. The summed E-state index contributed by atoms with van der Waals surface area (Å²) in [6.07, 6.45) is 1.84. The summed E-state index contributed by atoms with van der Waals surface area (Å²) in [6.45, 7) is 4.16. The molecule has 2 heterocycles. The second-order valence-corrected chi connectivity index (χ2v) is 3.90. The van der Waals surface area contributed by atoms with Crippen LogP contribution in [-0.2, 0) is 0 Å². The molecule has 1 aliphatic heterocycles. The lowest BCUT2D eigenvalue weighted by Crippen LogP contribution is -2.44. The van der Waals surface area contributed by atoms with Gasteiger partial charge in [0.15, 0.2) is 0 Å². The normalized spacial score (nSPS) is 16.2. The first kappa shape index (κ1) is 11.8. The molecule has 0 radical (unpaired) electrons. The third-order valence-electron chi connectivity index (χ3n) is 2.16. The predicted octanol–water partition coefficient (Wildman–Crippen LogP) is 1.68. The summed E-state index contributed by atoms with van der Waals surface area (Å²) >= 11 is 3.51. The SMILES string of the molecule is Brc1cccnc1N1CCNCC1.Cl. The Bertz CT molecular complexity index is 289. The lowest BCUT2D eigenvalue weighted by Gasteiger charge is -2.28.